The van der Waals surface area contributed by atoms with Crippen molar-refractivity contribution >= 4 is 29.0 Å². The van der Waals surface area contributed by atoms with Crippen LogP contribution in [-0.2, 0) is 0 Å². The van der Waals surface area contributed by atoms with Gasteiger partial charge in [0.1, 0.15) is 11.6 Å². The van der Waals surface area contributed by atoms with Crippen LogP contribution in [0.2, 0.25) is 5.02 Å². The van der Waals surface area contributed by atoms with Gasteiger partial charge >= 0.3 is 0 Å². The van der Waals surface area contributed by atoms with Crippen LogP contribution in [0.5, 0.6) is 5.75 Å². The fraction of sp³-hybridized carbons (Fsp3) is 0.353. The Kier molecular flexibility index (Phi) is 5.98. The third-order valence-corrected chi connectivity index (χ3v) is 3.72. The number of methoxy groups -OCH3 is 1. The molecule has 0 unspecified atom stereocenters. The molecule has 1 aromatic heterocycles. The first-order valence-corrected chi connectivity index (χ1v) is 8.01. The van der Waals surface area contributed by atoms with Gasteiger partial charge in [0, 0.05) is 17.6 Å². The number of halogens is 1. The van der Waals surface area contributed by atoms with Crippen molar-refractivity contribution in [2.45, 2.75) is 20.8 Å². The monoisotopic (exact) mass is 348 g/mol. The van der Waals surface area contributed by atoms with Gasteiger partial charge in [-0.1, -0.05) is 25.4 Å². The fourth-order valence-electron chi connectivity index (χ4n) is 1.97. The molecule has 24 heavy (non-hydrogen) atoms. The Bertz CT molecular complexity index is 717. The lowest BCUT2D eigenvalue weighted by molar-refractivity contribution is 0.102. The third kappa shape index (κ3) is 4.58. The molecule has 1 aromatic carbocycles. The first-order chi connectivity index (χ1) is 11.4. The molecule has 0 saturated carbocycles. The Morgan fingerprint density at radius 3 is 2.62 bits per heavy atom. The van der Waals surface area contributed by atoms with Crippen LogP contribution in [0.4, 0.5) is 11.5 Å². The van der Waals surface area contributed by atoms with E-state index in [0.29, 0.717) is 28.2 Å². The van der Waals surface area contributed by atoms with Crippen molar-refractivity contribution < 1.29 is 9.53 Å². The van der Waals surface area contributed by atoms with E-state index in [0.717, 1.165) is 12.1 Å². The lowest BCUT2D eigenvalue weighted by Gasteiger charge is -2.12. The van der Waals surface area contributed by atoms with E-state index in [2.05, 4.69) is 34.7 Å². The molecule has 0 atom stereocenters. The number of rotatable bonds is 6. The molecule has 2 rings (SSSR count). The smallest absolute Gasteiger partial charge is 0.276 e. The zero-order valence-corrected chi connectivity index (χ0v) is 14.9. The zero-order chi connectivity index (χ0) is 17.7. The van der Waals surface area contributed by atoms with Gasteiger partial charge in [-0.25, -0.2) is 0 Å². The SMILES string of the molecule is COc1cc(Cl)c(C)cc1NC(=O)c1ccc(NCC(C)C)nn1. The van der Waals surface area contributed by atoms with Gasteiger partial charge in [0.15, 0.2) is 5.69 Å². The second-order valence-corrected chi connectivity index (χ2v) is 6.24. The van der Waals surface area contributed by atoms with Gasteiger partial charge in [0.25, 0.3) is 5.91 Å². The molecule has 128 valence electrons. The molecule has 2 aromatic rings. The summed E-state index contributed by atoms with van der Waals surface area (Å²) in [7, 11) is 1.52. The number of hydrogen-bond acceptors (Lipinski definition) is 5. The van der Waals surface area contributed by atoms with Crippen LogP contribution in [0.3, 0.4) is 0 Å². The van der Waals surface area contributed by atoms with Gasteiger partial charge in [-0.3, -0.25) is 4.79 Å². The molecule has 7 heteroatoms. The van der Waals surface area contributed by atoms with Crippen molar-refractivity contribution in [2.24, 2.45) is 5.92 Å². The van der Waals surface area contributed by atoms with Crippen LogP contribution in [0.1, 0.15) is 29.9 Å². The van der Waals surface area contributed by atoms with Gasteiger partial charge in [-0.2, -0.15) is 0 Å². The van der Waals surface area contributed by atoms with Crippen LogP contribution in [0, 0.1) is 12.8 Å². The molecule has 1 heterocycles. The van der Waals surface area contributed by atoms with E-state index < -0.39 is 0 Å². The predicted octanol–water partition coefficient (Wildman–Crippen LogP) is 3.77. The Morgan fingerprint density at radius 2 is 2.04 bits per heavy atom. The van der Waals surface area contributed by atoms with E-state index in [-0.39, 0.29) is 11.6 Å². The van der Waals surface area contributed by atoms with Crippen LogP contribution in [-0.4, -0.2) is 29.8 Å². The highest BCUT2D eigenvalue weighted by molar-refractivity contribution is 6.31. The minimum Gasteiger partial charge on any atom is -0.495 e. The highest BCUT2D eigenvalue weighted by Crippen LogP contribution is 2.31. The summed E-state index contributed by atoms with van der Waals surface area (Å²) in [4.78, 5) is 12.3. The van der Waals surface area contributed by atoms with E-state index in [9.17, 15) is 4.79 Å². The summed E-state index contributed by atoms with van der Waals surface area (Å²) in [6, 6.07) is 6.77. The lowest BCUT2D eigenvalue weighted by Crippen LogP contribution is -2.16. The van der Waals surface area contributed by atoms with Gasteiger partial charge in [-0.05, 0) is 36.6 Å². The summed E-state index contributed by atoms with van der Waals surface area (Å²) in [5.41, 5.74) is 1.60. The van der Waals surface area contributed by atoms with Crippen molar-refractivity contribution in [1.29, 1.82) is 0 Å². The number of aryl methyl sites for hydroxylation is 1. The number of amides is 1. The Hall–Kier alpha value is -2.34. The second-order valence-electron chi connectivity index (χ2n) is 5.83. The topological polar surface area (TPSA) is 76.1 Å². The molecular weight excluding hydrogens is 328 g/mol. The summed E-state index contributed by atoms with van der Waals surface area (Å²) >= 11 is 6.07. The van der Waals surface area contributed by atoms with E-state index in [1.54, 1.807) is 24.3 Å². The quantitative estimate of drug-likeness (QED) is 0.831. The number of anilines is 2. The Labute approximate surface area is 146 Å². The van der Waals surface area contributed by atoms with Crippen LogP contribution >= 0.6 is 11.6 Å². The summed E-state index contributed by atoms with van der Waals surface area (Å²) in [5, 5.41) is 14.5. The number of ether oxygens (including phenoxy) is 1. The number of carbonyl (C=O) groups is 1. The Morgan fingerprint density at radius 1 is 1.29 bits per heavy atom. The minimum atomic E-state index is -0.363. The third-order valence-electron chi connectivity index (χ3n) is 3.32. The maximum atomic E-state index is 12.3. The number of benzene rings is 1. The summed E-state index contributed by atoms with van der Waals surface area (Å²) in [6.07, 6.45) is 0. The first kappa shape index (κ1) is 18.0. The molecule has 0 spiro atoms. The largest absolute Gasteiger partial charge is 0.495 e. The molecule has 0 aliphatic heterocycles. The average molecular weight is 349 g/mol. The van der Waals surface area contributed by atoms with E-state index in [4.69, 9.17) is 16.3 Å². The lowest BCUT2D eigenvalue weighted by atomic mass is 10.2. The maximum Gasteiger partial charge on any atom is 0.276 e. The van der Waals surface area contributed by atoms with Crippen molar-refractivity contribution in [1.82, 2.24) is 10.2 Å². The van der Waals surface area contributed by atoms with Crippen molar-refractivity contribution in [3.8, 4) is 5.75 Å². The number of carbonyl (C=O) groups excluding carboxylic acids is 1. The fourth-order valence-corrected chi connectivity index (χ4v) is 2.13. The summed E-state index contributed by atoms with van der Waals surface area (Å²) in [5.74, 6) is 1.26. The molecule has 0 aliphatic carbocycles. The molecule has 0 fully saturated rings. The summed E-state index contributed by atoms with van der Waals surface area (Å²) < 4.78 is 5.25. The van der Waals surface area contributed by atoms with Gasteiger partial charge in [0.2, 0.25) is 0 Å². The average Bonchev–Trinajstić information content (AvgIpc) is 2.56. The molecular formula is C17H21ClN4O2. The number of aromatic nitrogens is 2. The molecule has 0 radical (unpaired) electrons. The zero-order valence-electron chi connectivity index (χ0n) is 14.2. The van der Waals surface area contributed by atoms with Crippen LogP contribution in [0.15, 0.2) is 24.3 Å². The molecule has 0 bridgehead atoms. The van der Waals surface area contributed by atoms with E-state index in [1.807, 2.05) is 6.92 Å². The van der Waals surface area contributed by atoms with Crippen molar-refractivity contribution in [3.05, 3.63) is 40.5 Å². The standard InChI is InChI=1S/C17H21ClN4O2/c1-10(2)9-19-16-6-5-13(21-22-16)17(23)20-14-7-11(3)12(18)8-15(14)24-4/h5-8,10H,9H2,1-4H3,(H,19,22)(H,20,23). The van der Waals surface area contributed by atoms with Crippen LogP contribution < -0.4 is 15.4 Å². The molecule has 6 nitrogen and oxygen atoms in total. The van der Waals surface area contributed by atoms with Gasteiger partial charge in [0.05, 0.1) is 12.8 Å². The highest BCUT2D eigenvalue weighted by Gasteiger charge is 2.13. The van der Waals surface area contributed by atoms with Crippen molar-refractivity contribution in [2.75, 3.05) is 24.3 Å². The molecule has 1 amide bonds. The summed E-state index contributed by atoms with van der Waals surface area (Å²) in [6.45, 7) is 6.85. The maximum absolute atomic E-state index is 12.3. The first-order valence-electron chi connectivity index (χ1n) is 7.63. The number of hydrogen-bond donors (Lipinski definition) is 2. The molecule has 0 saturated heterocycles. The second kappa shape index (κ2) is 7.97. The number of nitrogens with one attached hydrogen (secondary N) is 2. The predicted molar refractivity (Wildman–Crippen MR) is 96.1 cm³/mol. The van der Waals surface area contributed by atoms with Gasteiger partial charge in [-0.15, -0.1) is 10.2 Å². The van der Waals surface area contributed by atoms with Crippen molar-refractivity contribution in [3.63, 3.8) is 0 Å². The van der Waals surface area contributed by atoms with Gasteiger partial charge < -0.3 is 15.4 Å². The minimum absolute atomic E-state index is 0.222. The number of nitrogens with zero attached hydrogens (tertiary/aromatic N) is 2. The van der Waals surface area contributed by atoms with E-state index >= 15 is 0 Å². The normalized spacial score (nSPS) is 10.6. The highest BCUT2D eigenvalue weighted by atomic mass is 35.5. The van der Waals surface area contributed by atoms with Crippen LogP contribution in [0.25, 0.3) is 0 Å². The van der Waals surface area contributed by atoms with E-state index in [1.165, 1.54) is 7.11 Å². The Balaban J connectivity index is 2.11. The molecule has 0 aliphatic rings. The molecule has 2 N–H and O–H groups in total.